The molecule has 220 valence electrons. The second-order valence-corrected chi connectivity index (χ2v) is 12.9. The predicted molar refractivity (Wildman–Crippen MR) is 157 cm³/mol. The number of aromatic nitrogens is 1. The van der Waals surface area contributed by atoms with Gasteiger partial charge in [-0.1, -0.05) is 29.3 Å². The number of aromatic amines is 1. The fourth-order valence-electron chi connectivity index (χ4n) is 4.74. The van der Waals surface area contributed by atoms with Gasteiger partial charge in [0.25, 0.3) is 11.5 Å². The van der Waals surface area contributed by atoms with Crippen molar-refractivity contribution in [3.8, 4) is 5.75 Å². The van der Waals surface area contributed by atoms with Gasteiger partial charge in [0, 0.05) is 54.8 Å². The minimum Gasteiger partial charge on any atom is -0.489 e. The van der Waals surface area contributed by atoms with Crippen LogP contribution >= 0.6 is 23.2 Å². The molecular weight excluding hydrogens is 593 g/mol. The molecule has 0 bridgehead atoms. The number of benzene rings is 2. The summed E-state index contributed by atoms with van der Waals surface area (Å²) in [4.78, 5) is 41.8. The number of halogens is 2. The number of nitrogens with one attached hydrogen (secondary N) is 2. The summed E-state index contributed by atoms with van der Waals surface area (Å²) in [5, 5.41) is 4.24. The van der Waals surface area contributed by atoms with E-state index >= 15 is 0 Å². The van der Waals surface area contributed by atoms with E-state index in [2.05, 4.69) is 15.2 Å². The van der Waals surface area contributed by atoms with Gasteiger partial charge in [0.15, 0.2) is 9.84 Å². The topological polar surface area (TPSA) is 135 Å². The van der Waals surface area contributed by atoms with Crippen molar-refractivity contribution >= 4 is 55.7 Å². The second kappa shape index (κ2) is 12.8. The Morgan fingerprint density at radius 3 is 2.51 bits per heavy atom. The zero-order valence-corrected chi connectivity index (χ0v) is 25.2. The summed E-state index contributed by atoms with van der Waals surface area (Å²) >= 11 is 12.5. The monoisotopic (exact) mass is 623 g/mol. The molecular formula is C28H31Cl2N3O7S. The fraction of sp³-hybridized carbons (Fsp3) is 0.393. The smallest absolute Gasteiger partial charge is 0.303 e. The molecule has 2 aromatic carbocycles. The van der Waals surface area contributed by atoms with Gasteiger partial charge in [0.2, 0.25) is 0 Å². The SMILES string of the molecule is CC(=O)OC(CNC(=O)c1c[nH]c(=O)c2cc(S(C)(=O)=O)ccc12)CN1CCC(Oc2ccc(Cl)c(C)c2Cl)CC1. The van der Waals surface area contributed by atoms with Crippen molar-refractivity contribution in [2.24, 2.45) is 0 Å². The van der Waals surface area contributed by atoms with Crippen LogP contribution in [0.2, 0.25) is 10.0 Å². The van der Waals surface area contributed by atoms with Crippen LogP contribution in [0.1, 0.15) is 35.7 Å². The van der Waals surface area contributed by atoms with Crippen molar-refractivity contribution in [2.75, 3.05) is 32.4 Å². The quantitative estimate of drug-likeness (QED) is 0.344. The third kappa shape index (κ3) is 7.59. The average molecular weight is 625 g/mol. The lowest BCUT2D eigenvalue weighted by Crippen LogP contribution is -2.46. The van der Waals surface area contributed by atoms with Gasteiger partial charge in [-0.2, -0.15) is 0 Å². The molecule has 1 unspecified atom stereocenters. The highest BCUT2D eigenvalue weighted by Gasteiger charge is 2.26. The number of nitrogens with zero attached hydrogens (tertiary/aromatic N) is 1. The molecule has 1 amide bonds. The van der Waals surface area contributed by atoms with Gasteiger partial charge in [0.1, 0.15) is 18.0 Å². The number of sulfone groups is 1. The zero-order chi connectivity index (χ0) is 29.9. The van der Waals surface area contributed by atoms with Gasteiger partial charge >= 0.3 is 5.97 Å². The van der Waals surface area contributed by atoms with E-state index in [0.717, 1.165) is 24.7 Å². The molecule has 13 heteroatoms. The highest BCUT2D eigenvalue weighted by Crippen LogP contribution is 2.34. The number of carbonyl (C=O) groups excluding carboxylic acids is 2. The lowest BCUT2D eigenvalue weighted by Gasteiger charge is -2.34. The van der Waals surface area contributed by atoms with Gasteiger partial charge in [-0.3, -0.25) is 19.3 Å². The van der Waals surface area contributed by atoms with Gasteiger partial charge in [-0.15, -0.1) is 0 Å². The number of amides is 1. The summed E-state index contributed by atoms with van der Waals surface area (Å²) < 4.78 is 35.4. The minimum absolute atomic E-state index is 0.0245. The predicted octanol–water partition coefficient (Wildman–Crippen LogP) is 3.75. The third-order valence-corrected chi connectivity index (χ3v) is 8.93. The number of H-pyrrole nitrogens is 1. The van der Waals surface area contributed by atoms with E-state index in [-0.39, 0.29) is 28.5 Å². The molecule has 0 aliphatic carbocycles. The molecule has 0 saturated carbocycles. The van der Waals surface area contributed by atoms with Crippen molar-refractivity contribution in [3.63, 3.8) is 0 Å². The molecule has 1 aromatic heterocycles. The molecule has 4 rings (SSSR count). The molecule has 2 heterocycles. The highest BCUT2D eigenvalue weighted by molar-refractivity contribution is 7.90. The Balaban J connectivity index is 1.38. The average Bonchev–Trinajstić information content (AvgIpc) is 2.92. The Labute approximate surface area is 247 Å². The molecule has 1 aliphatic heterocycles. The number of carbonyl (C=O) groups is 2. The number of pyridine rings is 1. The largest absolute Gasteiger partial charge is 0.489 e. The molecule has 10 nitrogen and oxygen atoms in total. The number of hydrogen-bond acceptors (Lipinski definition) is 8. The molecule has 2 N–H and O–H groups in total. The number of likely N-dealkylation sites (tertiary alicyclic amines) is 1. The van der Waals surface area contributed by atoms with Gasteiger partial charge < -0.3 is 19.8 Å². The lowest BCUT2D eigenvalue weighted by molar-refractivity contribution is -0.147. The van der Waals surface area contributed by atoms with E-state index < -0.39 is 33.4 Å². The molecule has 0 radical (unpaired) electrons. The van der Waals surface area contributed by atoms with Crippen molar-refractivity contribution in [2.45, 2.75) is 43.8 Å². The van der Waals surface area contributed by atoms with Crippen molar-refractivity contribution in [3.05, 3.63) is 68.1 Å². The Bertz CT molecular complexity index is 1630. The van der Waals surface area contributed by atoms with Crippen LogP contribution < -0.4 is 15.6 Å². The highest BCUT2D eigenvalue weighted by atomic mass is 35.5. The molecule has 1 saturated heterocycles. The normalized spacial score (nSPS) is 15.4. The first-order chi connectivity index (χ1) is 19.3. The van der Waals surface area contributed by atoms with E-state index in [4.69, 9.17) is 32.7 Å². The standard InChI is InChI=1S/C28H31Cl2N3O7S/c1-16-24(29)6-7-25(26(16)30)40-18-8-10-33(11-9-18)15-19(39-17(2)34)13-31-28(36)23-14-32-27(35)22-12-20(41(3,37)38)4-5-21(22)23/h4-7,12,14,18-19H,8-11,13,15H2,1-3H3,(H,31,36)(H,32,35). The number of hydrogen-bond donors (Lipinski definition) is 2. The first-order valence-electron chi connectivity index (χ1n) is 13.0. The number of esters is 1. The van der Waals surface area contributed by atoms with E-state index in [0.29, 0.717) is 40.8 Å². The Kier molecular flexibility index (Phi) is 9.63. The van der Waals surface area contributed by atoms with Crippen LogP contribution in [0, 0.1) is 6.92 Å². The summed E-state index contributed by atoms with van der Waals surface area (Å²) in [5.41, 5.74) is 0.416. The molecule has 41 heavy (non-hydrogen) atoms. The maximum atomic E-state index is 13.1. The van der Waals surface area contributed by atoms with Crippen LogP contribution in [0.3, 0.4) is 0 Å². The van der Waals surface area contributed by atoms with Crippen LogP contribution in [0.5, 0.6) is 5.75 Å². The summed E-state index contributed by atoms with van der Waals surface area (Å²) in [6.07, 6.45) is 3.13. The lowest BCUT2D eigenvalue weighted by atomic mass is 10.1. The Hall–Kier alpha value is -3.12. The fourth-order valence-corrected chi connectivity index (χ4v) is 5.81. The van der Waals surface area contributed by atoms with Crippen LogP contribution in [-0.2, 0) is 19.4 Å². The van der Waals surface area contributed by atoms with Crippen LogP contribution in [0.4, 0.5) is 0 Å². The maximum Gasteiger partial charge on any atom is 0.303 e. The van der Waals surface area contributed by atoms with Crippen LogP contribution in [-0.4, -0.2) is 74.8 Å². The minimum atomic E-state index is -3.54. The number of fused-ring (bicyclic) bond motifs is 1. The first-order valence-corrected chi connectivity index (χ1v) is 15.6. The van der Waals surface area contributed by atoms with Crippen molar-refractivity contribution in [1.29, 1.82) is 0 Å². The number of rotatable bonds is 9. The molecule has 1 aliphatic rings. The molecule has 3 aromatic rings. The summed E-state index contributed by atoms with van der Waals surface area (Å²) in [6.45, 7) is 4.96. The van der Waals surface area contributed by atoms with E-state index in [1.54, 1.807) is 12.1 Å². The first kappa shape index (κ1) is 30.8. The van der Waals surface area contributed by atoms with E-state index in [1.165, 1.54) is 31.3 Å². The van der Waals surface area contributed by atoms with Crippen molar-refractivity contribution < 1.29 is 27.5 Å². The Morgan fingerprint density at radius 2 is 1.85 bits per heavy atom. The van der Waals surface area contributed by atoms with Crippen molar-refractivity contribution in [1.82, 2.24) is 15.2 Å². The van der Waals surface area contributed by atoms with E-state index in [9.17, 15) is 22.8 Å². The van der Waals surface area contributed by atoms with Crippen LogP contribution in [0.25, 0.3) is 10.8 Å². The summed E-state index contributed by atoms with van der Waals surface area (Å²) in [5.74, 6) is -0.384. The van der Waals surface area contributed by atoms with E-state index in [1.807, 2.05) is 6.92 Å². The van der Waals surface area contributed by atoms with Gasteiger partial charge in [-0.25, -0.2) is 8.42 Å². The second-order valence-electron chi connectivity index (χ2n) is 10.1. The molecule has 1 atom stereocenters. The summed E-state index contributed by atoms with van der Waals surface area (Å²) in [7, 11) is -3.54. The van der Waals surface area contributed by atoms with Gasteiger partial charge in [0.05, 0.1) is 22.0 Å². The molecule has 0 spiro atoms. The Morgan fingerprint density at radius 1 is 1.15 bits per heavy atom. The number of piperidine rings is 1. The zero-order valence-electron chi connectivity index (χ0n) is 22.8. The number of ether oxygens (including phenoxy) is 2. The maximum absolute atomic E-state index is 13.1. The third-order valence-electron chi connectivity index (χ3n) is 6.94. The van der Waals surface area contributed by atoms with Crippen LogP contribution in [0.15, 0.2) is 46.2 Å². The summed E-state index contributed by atoms with van der Waals surface area (Å²) in [6, 6.07) is 7.56. The van der Waals surface area contributed by atoms with Gasteiger partial charge in [-0.05, 0) is 49.6 Å². The molecule has 1 fully saturated rings.